The van der Waals surface area contributed by atoms with Gasteiger partial charge in [0, 0.05) is 6.04 Å². The molecule has 0 radical (unpaired) electrons. The lowest BCUT2D eigenvalue weighted by Crippen LogP contribution is -2.01. The molecular formula is C7H9N3O. The third-order valence-electron chi connectivity index (χ3n) is 1.61. The van der Waals surface area contributed by atoms with Crippen LogP contribution in [0.25, 0.3) is 11.0 Å². The Morgan fingerprint density at radius 1 is 1.45 bits per heavy atom. The van der Waals surface area contributed by atoms with Crippen LogP contribution in [0.5, 0.6) is 0 Å². The van der Waals surface area contributed by atoms with Crippen LogP contribution in [-0.2, 0) is 0 Å². The summed E-state index contributed by atoms with van der Waals surface area (Å²) in [6.45, 7) is 4.11. The lowest BCUT2D eigenvalue weighted by Gasteiger charge is -2.02. The van der Waals surface area contributed by atoms with Gasteiger partial charge in [-0.25, -0.2) is 4.68 Å². The molecule has 58 valence electrons. The molecule has 0 unspecified atom stereocenters. The molecule has 2 aromatic heterocycles. The summed E-state index contributed by atoms with van der Waals surface area (Å²) in [5.74, 6) is 0. The van der Waals surface area contributed by atoms with Crippen molar-refractivity contribution in [1.29, 1.82) is 0 Å². The van der Waals surface area contributed by atoms with Crippen molar-refractivity contribution in [3.8, 4) is 0 Å². The van der Waals surface area contributed by atoms with Crippen molar-refractivity contribution >= 4 is 11.0 Å². The molecule has 4 nitrogen and oxygen atoms in total. The van der Waals surface area contributed by atoms with Crippen molar-refractivity contribution in [2.75, 3.05) is 0 Å². The van der Waals surface area contributed by atoms with E-state index >= 15 is 0 Å². The van der Waals surface area contributed by atoms with Crippen LogP contribution in [0.2, 0.25) is 0 Å². The molecule has 11 heavy (non-hydrogen) atoms. The second-order valence-electron chi connectivity index (χ2n) is 2.77. The molecular weight excluding hydrogens is 142 g/mol. The van der Waals surface area contributed by atoms with E-state index in [-0.39, 0.29) is 0 Å². The predicted octanol–water partition coefficient (Wildman–Crippen LogP) is 1.61. The minimum Gasteiger partial charge on any atom is -0.468 e. The smallest absolute Gasteiger partial charge is 0.151 e. The van der Waals surface area contributed by atoms with Crippen LogP contribution in [0.4, 0.5) is 0 Å². The van der Waals surface area contributed by atoms with E-state index in [1.165, 1.54) is 0 Å². The Labute approximate surface area is 63.8 Å². The first-order chi connectivity index (χ1) is 5.29. The number of aromatic nitrogens is 3. The van der Waals surface area contributed by atoms with Gasteiger partial charge in [-0.2, -0.15) is 0 Å². The second-order valence-corrected chi connectivity index (χ2v) is 2.77. The van der Waals surface area contributed by atoms with Gasteiger partial charge >= 0.3 is 0 Å². The van der Waals surface area contributed by atoms with Gasteiger partial charge in [0.1, 0.15) is 18.0 Å². The molecule has 0 amide bonds. The molecule has 0 aliphatic rings. The summed E-state index contributed by atoms with van der Waals surface area (Å²) in [5.41, 5.74) is 1.78. The minimum absolute atomic E-state index is 0.331. The lowest BCUT2D eigenvalue weighted by atomic mass is 10.4. The van der Waals surface area contributed by atoms with E-state index in [1.54, 1.807) is 12.5 Å². The van der Waals surface area contributed by atoms with Crippen molar-refractivity contribution < 1.29 is 4.42 Å². The van der Waals surface area contributed by atoms with E-state index in [2.05, 4.69) is 24.2 Å². The molecule has 2 aromatic rings. The topological polar surface area (TPSA) is 43.9 Å². The molecule has 0 fully saturated rings. The first kappa shape index (κ1) is 6.39. The predicted molar refractivity (Wildman–Crippen MR) is 40.2 cm³/mol. The molecule has 4 heteroatoms. The normalized spacial score (nSPS) is 11.5. The van der Waals surface area contributed by atoms with Gasteiger partial charge in [-0.1, -0.05) is 5.21 Å². The van der Waals surface area contributed by atoms with Gasteiger partial charge in [0.15, 0.2) is 5.52 Å². The van der Waals surface area contributed by atoms with Gasteiger partial charge in [0.2, 0.25) is 0 Å². The van der Waals surface area contributed by atoms with Gasteiger partial charge < -0.3 is 4.42 Å². The number of hydrogen-bond donors (Lipinski definition) is 0. The highest BCUT2D eigenvalue weighted by molar-refractivity contribution is 5.72. The molecule has 2 heterocycles. The first-order valence-electron chi connectivity index (χ1n) is 3.56. The number of furan rings is 1. The summed E-state index contributed by atoms with van der Waals surface area (Å²) in [6.07, 6.45) is 3.26. The SMILES string of the molecule is CC(C)n1nnc2cocc21. The summed E-state index contributed by atoms with van der Waals surface area (Å²) >= 11 is 0. The average Bonchev–Trinajstić information content (AvgIpc) is 2.41. The molecule has 0 saturated carbocycles. The van der Waals surface area contributed by atoms with Gasteiger partial charge in [-0.3, -0.25) is 0 Å². The molecule has 0 spiro atoms. The van der Waals surface area contributed by atoms with E-state index in [0.717, 1.165) is 11.0 Å². The standard InChI is InChI=1S/C7H9N3O/c1-5(2)10-7-4-11-3-6(7)8-9-10/h3-5H,1-2H3. The Bertz CT molecular complexity index is 360. The highest BCUT2D eigenvalue weighted by Gasteiger charge is 2.07. The van der Waals surface area contributed by atoms with E-state index < -0.39 is 0 Å². The van der Waals surface area contributed by atoms with Crippen molar-refractivity contribution in [2.24, 2.45) is 0 Å². The zero-order chi connectivity index (χ0) is 7.84. The zero-order valence-corrected chi connectivity index (χ0v) is 6.48. The fraction of sp³-hybridized carbons (Fsp3) is 0.429. The molecule has 0 N–H and O–H groups in total. The number of hydrogen-bond acceptors (Lipinski definition) is 3. The Kier molecular flexibility index (Phi) is 1.21. The Morgan fingerprint density at radius 3 is 3.00 bits per heavy atom. The largest absolute Gasteiger partial charge is 0.468 e. The summed E-state index contributed by atoms with van der Waals surface area (Å²) in [4.78, 5) is 0. The van der Waals surface area contributed by atoms with Crippen LogP contribution < -0.4 is 0 Å². The molecule has 0 aromatic carbocycles. The van der Waals surface area contributed by atoms with Crippen LogP contribution >= 0.6 is 0 Å². The molecule has 0 aliphatic heterocycles. The Hall–Kier alpha value is -1.32. The fourth-order valence-corrected chi connectivity index (χ4v) is 1.06. The molecule has 0 bridgehead atoms. The number of rotatable bonds is 1. The average molecular weight is 151 g/mol. The summed E-state index contributed by atoms with van der Waals surface area (Å²) < 4.78 is 6.80. The van der Waals surface area contributed by atoms with Crippen molar-refractivity contribution in [3.63, 3.8) is 0 Å². The van der Waals surface area contributed by atoms with Crippen molar-refractivity contribution in [1.82, 2.24) is 15.0 Å². The van der Waals surface area contributed by atoms with E-state index in [1.807, 2.05) is 4.68 Å². The fourth-order valence-electron chi connectivity index (χ4n) is 1.06. The maximum atomic E-state index is 4.97. The van der Waals surface area contributed by atoms with Crippen molar-refractivity contribution in [2.45, 2.75) is 19.9 Å². The Morgan fingerprint density at radius 2 is 2.27 bits per heavy atom. The third kappa shape index (κ3) is 0.824. The van der Waals surface area contributed by atoms with Crippen LogP contribution in [0.3, 0.4) is 0 Å². The first-order valence-corrected chi connectivity index (χ1v) is 3.56. The number of fused-ring (bicyclic) bond motifs is 1. The van der Waals surface area contributed by atoms with Gasteiger partial charge in [-0.15, -0.1) is 5.10 Å². The minimum atomic E-state index is 0.331. The third-order valence-corrected chi connectivity index (χ3v) is 1.61. The van der Waals surface area contributed by atoms with Gasteiger partial charge in [0.25, 0.3) is 0 Å². The second kappa shape index (κ2) is 2.08. The van der Waals surface area contributed by atoms with Gasteiger partial charge in [-0.05, 0) is 13.8 Å². The summed E-state index contributed by atoms with van der Waals surface area (Å²) in [7, 11) is 0. The molecule has 0 saturated heterocycles. The van der Waals surface area contributed by atoms with Crippen LogP contribution in [-0.4, -0.2) is 15.0 Å². The van der Waals surface area contributed by atoms with Crippen LogP contribution in [0.1, 0.15) is 19.9 Å². The number of nitrogens with zero attached hydrogens (tertiary/aromatic N) is 3. The molecule has 0 aliphatic carbocycles. The summed E-state index contributed by atoms with van der Waals surface area (Å²) in [5, 5.41) is 7.88. The molecule has 0 atom stereocenters. The maximum absolute atomic E-state index is 4.97. The quantitative estimate of drug-likeness (QED) is 0.621. The van der Waals surface area contributed by atoms with Crippen LogP contribution in [0, 0.1) is 0 Å². The lowest BCUT2D eigenvalue weighted by molar-refractivity contribution is 0.514. The van der Waals surface area contributed by atoms with E-state index in [4.69, 9.17) is 4.42 Å². The maximum Gasteiger partial charge on any atom is 0.151 e. The Balaban J connectivity index is 2.68. The molecule has 2 rings (SSSR count). The van der Waals surface area contributed by atoms with E-state index in [0.29, 0.717) is 6.04 Å². The van der Waals surface area contributed by atoms with Crippen LogP contribution in [0.15, 0.2) is 16.9 Å². The monoisotopic (exact) mass is 151 g/mol. The zero-order valence-electron chi connectivity index (χ0n) is 6.48. The van der Waals surface area contributed by atoms with Gasteiger partial charge in [0.05, 0.1) is 0 Å². The van der Waals surface area contributed by atoms with E-state index in [9.17, 15) is 0 Å². The highest BCUT2D eigenvalue weighted by atomic mass is 16.3. The van der Waals surface area contributed by atoms with Crippen molar-refractivity contribution in [3.05, 3.63) is 12.5 Å². The highest BCUT2D eigenvalue weighted by Crippen LogP contribution is 2.15. The summed E-state index contributed by atoms with van der Waals surface area (Å²) in [6, 6.07) is 0.331.